The minimum atomic E-state index is 0.302. The first-order valence-corrected chi connectivity index (χ1v) is 7.13. The molecule has 0 spiro atoms. The van der Waals surface area contributed by atoms with Gasteiger partial charge in [-0.1, -0.05) is 19.1 Å². The van der Waals surface area contributed by atoms with Crippen LogP contribution < -0.4 is 5.32 Å². The van der Waals surface area contributed by atoms with E-state index >= 15 is 0 Å². The average molecular weight is 273 g/mol. The molecule has 0 atom stereocenters. The monoisotopic (exact) mass is 273 g/mol. The van der Waals surface area contributed by atoms with E-state index in [0.717, 1.165) is 30.8 Å². The van der Waals surface area contributed by atoms with Gasteiger partial charge in [0.05, 0.1) is 12.2 Å². The zero-order chi connectivity index (χ0) is 14.5. The minimum absolute atomic E-state index is 0.302. The van der Waals surface area contributed by atoms with Gasteiger partial charge in [0.2, 0.25) is 0 Å². The Morgan fingerprint density at radius 2 is 2.10 bits per heavy atom. The lowest BCUT2D eigenvalue weighted by Crippen LogP contribution is -2.16. The van der Waals surface area contributed by atoms with Crippen LogP contribution in [0.1, 0.15) is 29.4 Å². The lowest BCUT2D eigenvalue weighted by Gasteiger charge is -2.06. The fourth-order valence-corrected chi connectivity index (χ4v) is 2.47. The zero-order valence-corrected chi connectivity index (χ0v) is 12.5. The highest BCUT2D eigenvalue weighted by Gasteiger charge is 2.11. The Morgan fingerprint density at radius 1 is 1.30 bits per heavy atom. The molecule has 0 saturated heterocycles. The number of phenolic OH excluding ortho intramolecular Hbond substituents is 1. The average Bonchev–Trinajstić information content (AvgIpc) is 2.66. The summed E-state index contributed by atoms with van der Waals surface area (Å²) < 4.78 is 2.02. The molecule has 0 radical (unpaired) electrons. The number of likely N-dealkylation sites (N-methyl/N-ethyl adjacent to an activating group) is 1. The number of phenols is 1. The van der Waals surface area contributed by atoms with Gasteiger partial charge in [0.15, 0.2) is 0 Å². The third kappa shape index (κ3) is 3.39. The summed E-state index contributed by atoms with van der Waals surface area (Å²) in [5.41, 5.74) is 4.70. The molecular formula is C16H23N3O. The molecule has 2 rings (SSSR count). The SMILES string of the molecule is CCNCCc1c(C)nn(Cc2cccc(O)c2)c1C. The van der Waals surface area contributed by atoms with Gasteiger partial charge in [-0.2, -0.15) is 5.10 Å². The maximum absolute atomic E-state index is 9.53. The Hall–Kier alpha value is -1.81. The van der Waals surface area contributed by atoms with E-state index in [0.29, 0.717) is 12.3 Å². The van der Waals surface area contributed by atoms with Crippen LogP contribution in [-0.2, 0) is 13.0 Å². The molecule has 0 saturated carbocycles. The van der Waals surface area contributed by atoms with E-state index in [-0.39, 0.29) is 0 Å². The summed E-state index contributed by atoms with van der Waals surface area (Å²) in [6, 6.07) is 7.35. The molecule has 1 aromatic heterocycles. The molecule has 2 N–H and O–H groups in total. The van der Waals surface area contributed by atoms with Gasteiger partial charge in [0.1, 0.15) is 5.75 Å². The summed E-state index contributed by atoms with van der Waals surface area (Å²) in [7, 11) is 0. The van der Waals surface area contributed by atoms with Gasteiger partial charge >= 0.3 is 0 Å². The second-order valence-corrected chi connectivity index (χ2v) is 5.08. The number of aryl methyl sites for hydroxylation is 1. The molecule has 1 heterocycles. The second-order valence-electron chi connectivity index (χ2n) is 5.08. The van der Waals surface area contributed by atoms with Crippen LogP contribution in [-0.4, -0.2) is 28.0 Å². The van der Waals surface area contributed by atoms with Crippen molar-refractivity contribution in [3.05, 3.63) is 46.8 Å². The van der Waals surface area contributed by atoms with E-state index in [4.69, 9.17) is 0 Å². The standard InChI is InChI=1S/C16H23N3O/c1-4-17-9-8-16-12(2)18-19(13(16)3)11-14-6-5-7-15(20)10-14/h5-7,10,17,20H,4,8-9,11H2,1-3H3. The van der Waals surface area contributed by atoms with Crippen LogP contribution in [0.15, 0.2) is 24.3 Å². The third-order valence-corrected chi connectivity index (χ3v) is 3.58. The summed E-state index contributed by atoms with van der Waals surface area (Å²) >= 11 is 0. The maximum atomic E-state index is 9.53. The molecule has 2 aromatic rings. The number of nitrogens with zero attached hydrogens (tertiary/aromatic N) is 2. The molecule has 0 aliphatic heterocycles. The summed E-state index contributed by atoms with van der Waals surface area (Å²) in [5, 5.41) is 17.5. The molecule has 4 nitrogen and oxygen atoms in total. The Balaban J connectivity index is 2.15. The van der Waals surface area contributed by atoms with Crippen LogP contribution in [0.25, 0.3) is 0 Å². The molecule has 1 aromatic carbocycles. The van der Waals surface area contributed by atoms with Gasteiger partial charge < -0.3 is 10.4 Å². The summed E-state index contributed by atoms with van der Waals surface area (Å²) in [5.74, 6) is 0.302. The van der Waals surface area contributed by atoms with Crippen LogP contribution >= 0.6 is 0 Å². The number of nitrogens with one attached hydrogen (secondary N) is 1. The third-order valence-electron chi connectivity index (χ3n) is 3.58. The quantitative estimate of drug-likeness (QED) is 0.795. The first-order chi connectivity index (χ1) is 9.61. The Bertz CT molecular complexity index is 575. The van der Waals surface area contributed by atoms with Crippen LogP contribution in [0.2, 0.25) is 0 Å². The van der Waals surface area contributed by atoms with Crippen LogP contribution in [0.4, 0.5) is 0 Å². The van der Waals surface area contributed by atoms with Crippen LogP contribution in [0.3, 0.4) is 0 Å². The van der Waals surface area contributed by atoms with Crippen molar-refractivity contribution in [1.82, 2.24) is 15.1 Å². The predicted octanol–water partition coefficient (Wildman–Crippen LogP) is 2.41. The highest BCUT2D eigenvalue weighted by molar-refractivity contribution is 5.29. The van der Waals surface area contributed by atoms with Crippen molar-refractivity contribution in [3.63, 3.8) is 0 Å². The maximum Gasteiger partial charge on any atom is 0.115 e. The minimum Gasteiger partial charge on any atom is -0.508 e. The summed E-state index contributed by atoms with van der Waals surface area (Å²) in [6.07, 6.45) is 1.01. The fourth-order valence-electron chi connectivity index (χ4n) is 2.47. The molecule has 20 heavy (non-hydrogen) atoms. The van der Waals surface area contributed by atoms with Gasteiger partial charge in [-0.3, -0.25) is 4.68 Å². The van der Waals surface area contributed by atoms with Gasteiger partial charge in [0.25, 0.3) is 0 Å². The lowest BCUT2D eigenvalue weighted by molar-refractivity contribution is 0.474. The highest BCUT2D eigenvalue weighted by Crippen LogP contribution is 2.17. The molecular weight excluding hydrogens is 250 g/mol. The Kier molecular flexibility index (Phi) is 4.79. The van der Waals surface area contributed by atoms with Crippen LogP contribution in [0.5, 0.6) is 5.75 Å². The predicted molar refractivity (Wildman–Crippen MR) is 81.2 cm³/mol. The number of hydrogen-bond donors (Lipinski definition) is 2. The van der Waals surface area contributed by atoms with E-state index in [9.17, 15) is 5.11 Å². The van der Waals surface area contributed by atoms with E-state index in [1.807, 2.05) is 16.8 Å². The Morgan fingerprint density at radius 3 is 2.80 bits per heavy atom. The topological polar surface area (TPSA) is 50.1 Å². The van der Waals surface area contributed by atoms with Gasteiger partial charge in [0, 0.05) is 5.69 Å². The van der Waals surface area contributed by atoms with Crippen molar-refractivity contribution in [2.75, 3.05) is 13.1 Å². The molecule has 0 unspecified atom stereocenters. The van der Waals surface area contributed by atoms with Crippen molar-refractivity contribution < 1.29 is 5.11 Å². The lowest BCUT2D eigenvalue weighted by atomic mass is 10.1. The molecule has 4 heteroatoms. The van der Waals surface area contributed by atoms with Crippen molar-refractivity contribution in [1.29, 1.82) is 0 Å². The van der Waals surface area contributed by atoms with Crippen molar-refractivity contribution >= 4 is 0 Å². The van der Waals surface area contributed by atoms with Crippen LogP contribution in [0, 0.1) is 13.8 Å². The van der Waals surface area contributed by atoms with Crippen molar-refractivity contribution in [3.8, 4) is 5.75 Å². The first kappa shape index (κ1) is 14.6. The molecule has 108 valence electrons. The van der Waals surface area contributed by atoms with Crippen molar-refractivity contribution in [2.24, 2.45) is 0 Å². The Labute approximate surface area is 120 Å². The normalized spacial score (nSPS) is 10.9. The van der Waals surface area contributed by atoms with E-state index in [1.165, 1.54) is 11.3 Å². The van der Waals surface area contributed by atoms with E-state index < -0.39 is 0 Å². The number of hydrogen-bond acceptors (Lipinski definition) is 3. The van der Waals surface area contributed by atoms with Crippen molar-refractivity contribution in [2.45, 2.75) is 33.7 Å². The molecule has 0 fully saturated rings. The van der Waals surface area contributed by atoms with E-state index in [2.05, 4.69) is 31.2 Å². The smallest absolute Gasteiger partial charge is 0.115 e. The largest absolute Gasteiger partial charge is 0.508 e. The van der Waals surface area contributed by atoms with Gasteiger partial charge in [-0.15, -0.1) is 0 Å². The molecule has 0 aliphatic rings. The summed E-state index contributed by atoms with van der Waals surface area (Å²) in [4.78, 5) is 0. The summed E-state index contributed by atoms with van der Waals surface area (Å²) in [6.45, 7) is 8.97. The first-order valence-electron chi connectivity index (χ1n) is 7.13. The fraction of sp³-hybridized carbons (Fsp3) is 0.438. The van der Waals surface area contributed by atoms with Gasteiger partial charge in [-0.25, -0.2) is 0 Å². The number of benzene rings is 1. The molecule has 0 amide bonds. The number of aromatic hydroxyl groups is 1. The highest BCUT2D eigenvalue weighted by atomic mass is 16.3. The molecule has 0 bridgehead atoms. The zero-order valence-electron chi connectivity index (χ0n) is 12.5. The van der Waals surface area contributed by atoms with Gasteiger partial charge in [-0.05, 0) is 56.6 Å². The van der Waals surface area contributed by atoms with E-state index in [1.54, 1.807) is 12.1 Å². The number of aromatic nitrogens is 2. The number of rotatable bonds is 6. The molecule has 0 aliphatic carbocycles. The second kappa shape index (κ2) is 6.57.